The Hall–Kier alpha value is -3.61. The predicted octanol–water partition coefficient (Wildman–Crippen LogP) is 3.01. The molecule has 0 unspecified atom stereocenters. The molecule has 1 N–H and O–H groups in total. The van der Waals surface area contributed by atoms with E-state index in [4.69, 9.17) is 9.15 Å². The van der Waals surface area contributed by atoms with Gasteiger partial charge in [-0.25, -0.2) is 9.59 Å². The summed E-state index contributed by atoms with van der Waals surface area (Å²) in [7, 11) is 0. The molecule has 2 aliphatic heterocycles. The van der Waals surface area contributed by atoms with E-state index in [1.54, 1.807) is 6.07 Å². The number of aryl methyl sites for hydroxylation is 2. The third kappa shape index (κ3) is 2.62. The van der Waals surface area contributed by atoms with Crippen molar-refractivity contribution in [2.75, 3.05) is 6.61 Å². The number of nitrogens with one attached hydrogen (secondary N) is 1. The standard InChI is InChI=1S/C24H20N2O5/c27-21-12-16(17-10-14-4-3-5-15(14)11-20(17)31-21)13-26-22(28)24(25-23(26)29)8-9-30-19-7-2-1-6-18(19)24/h1-2,6-7,10-12H,3-5,8-9,13H2,(H,25,29)/t24-/m0/s1. The first kappa shape index (κ1) is 18.2. The molecule has 7 heteroatoms. The van der Waals surface area contributed by atoms with Crippen molar-refractivity contribution in [2.45, 2.75) is 37.8 Å². The molecule has 1 atom stereocenters. The number of carbonyl (C=O) groups is 2. The summed E-state index contributed by atoms with van der Waals surface area (Å²) in [5.74, 6) is 0.279. The highest BCUT2D eigenvalue weighted by atomic mass is 16.5. The van der Waals surface area contributed by atoms with E-state index < -0.39 is 17.2 Å². The van der Waals surface area contributed by atoms with E-state index in [0.717, 1.165) is 24.6 Å². The van der Waals surface area contributed by atoms with Crippen LogP contribution in [0.1, 0.15) is 35.1 Å². The lowest BCUT2D eigenvalue weighted by atomic mass is 9.84. The maximum atomic E-state index is 13.6. The summed E-state index contributed by atoms with van der Waals surface area (Å²) >= 11 is 0. The summed E-state index contributed by atoms with van der Waals surface area (Å²) in [6.07, 6.45) is 3.38. The second-order valence-electron chi connectivity index (χ2n) is 8.38. The molecule has 1 aromatic heterocycles. The van der Waals surface area contributed by atoms with Crippen LogP contribution in [0.2, 0.25) is 0 Å². The minimum atomic E-state index is -1.14. The lowest BCUT2D eigenvalue weighted by Gasteiger charge is -2.33. The van der Waals surface area contributed by atoms with Gasteiger partial charge in [0.2, 0.25) is 0 Å². The molecule has 3 aromatic rings. The van der Waals surface area contributed by atoms with E-state index in [1.807, 2.05) is 30.3 Å². The molecule has 31 heavy (non-hydrogen) atoms. The van der Waals surface area contributed by atoms with Crippen LogP contribution in [0.15, 0.2) is 51.7 Å². The van der Waals surface area contributed by atoms with Gasteiger partial charge in [0.15, 0.2) is 5.54 Å². The van der Waals surface area contributed by atoms with Gasteiger partial charge in [0.1, 0.15) is 11.3 Å². The molecule has 7 nitrogen and oxygen atoms in total. The van der Waals surface area contributed by atoms with Crippen LogP contribution in [-0.2, 0) is 29.7 Å². The molecule has 1 spiro atoms. The van der Waals surface area contributed by atoms with Crippen molar-refractivity contribution in [3.8, 4) is 5.75 Å². The first-order valence-electron chi connectivity index (χ1n) is 10.5. The van der Waals surface area contributed by atoms with Crippen molar-refractivity contribution in [3.05, 3.63) is 75.1 Å². The van der Waals surface area contributed by atoms with Gasteiger partial charge in [-0.2, -0.15) is 0 Å². The minimum absolute atomic E-state index is 0.0102. The molecule has 3 amide bonds. The summed E-state index contributed by atoms with van der Waals surface area (Å²) in [5, 5.41) is 3.68. The fourth-order valence-electron chi connectivity index (χ4n) is 5.11. The monoisotopic (exact) mass is 416 g/mol. The van der Waals surface area contributed by atoms with Gasteiger partial charge >= 0.3 is 11.7 Å². The number of benzene rings is 2. The first-order valence-corrected chi connectivity index (χ1v) is 10.5. The van der Waals surface area contributed by atoms with Gasteiger partial charge in [0.05, 0.1) is 13.2 Å². The molecular weight excluding hydrogens is 396 g/mol. The van der Waals surface area contributed by atoms with Gasteiger partial charge in [0.25, 0.3) is 5.91 Å². The minimum Gasteiger partial charge on any atom is -0.493 e. The van der Waals surface area contributed by atoms with E-state index >= 15 is 0 Å². The van der Waals surface area contributed by atoms with Gasteiger partial charge in [0, 0.05) is 23.4 Å². The zero-order chi connectivity index (χ0) is 21.2. The second kappa shape index (κ2) is 6.44. The lowest BCUT2D eigenvalue weighted by molar-refractivity contribution is -0.133. The van der Waals surface area contributed by atoms with Crippen molar-refractivity contribution in [3.63, 3.8) is 0 Å². The van der Waals surface area contributed by atoms with Crippen molar-refractivity contribution in [1.82, 2.24) is 10.2 Å². The van der Waals surface area contributed by atoms with E-state index in [2.05, 4.69) is 5.32 Å². The molecule has 0 saturated carbocycles. The molecule has 3 heterocycles. The molecule has 3 aliphatic rings. The molecule has 1 fully saturated rings. The summed E-state index contributed by atoms with van der Waals surface area (Å²) < 4.78 is 11.1. The third-order valence-electron chi connectivity index (χ3n) is 6.63. The van der Waals surface area contributed by atoms with Crippen LogP contribution < -0.4 is 15.7 Å². The first-order chi connectivity index (χ1) is 15.0. The zero-order valence-corrected chi connectivity index (χ0v) is 16.8. The van der Waals surface area contributed by atoms with E-state index in [0.29, 0.717) is 35.5 Å². The van der Waals surface area contributed by atoms with E-state index in [-0.39, 0.29) is 12.5 Å². The van der Waals surface area contributed by atoms with Crippen molar-refractivity contribution in [2.24, 2.45) is 0 Å². The smallest absolute Gasteiger partial charge is 0.336 e. The Morgan fingerprint density at radius 3 is 2.71 bits per heavy atom. The van der Waals surface area contributed by atoms with Crippen LogP contribution in [-0.4, -0.2) is 23.4 Å². The van der Waals surface area contributed by atoms with Crippen molar-refractivity contribution >= 4 is 22.9 Å². The van der Waals surface area contributed by atoms with Crippen LogP contribution in [0, 0.1) is 0 Å². The van der Waals surface area contributed by atoms with Gasteiger partial charge in [-0.05, 0) is 54.2 Å². The van der Waals surface area contributed by atoms with Crippen molar-refractivity contribution in [1.29, 1.82) is 0 Å². The van der Waals surface area contributed by atoms with Crippen LogP contribution in [0.4, 0.5) is 4.79 Å². The Morgan fingerprint density at radius 2 is 1.84 bits per heavy atom. The summed E-state index contributed by atoms with van der Waals surface area (Å²) in [6.45, 7) is 0.344. The van der Waals surface area contributed by atoms with Gasteiger partial charge in [-0.3, -0.25) is 9.69 Å². The van der Waals surface area contributed by atoms with Gasteiger partial charge in [-0.1, -0.05) is 18.2 Å². The number of amides is 3. The number of nitrogens with zero attached hydrogens (tertiary/aromatic N) is 1. The summed E-state index contributed by atoms with van der Waals surface area (Å²) in [4.78, 5) is 39.9. The average Bonchev–Trinajstić information content (AvgIpc) is 3.31. The van der Waals surface area contributed by atoms with Gasteiger partial charge in [-0.15, -0.1) is 0 Å². The highest BCUT2D eigenvalue weighted by Gasteiger charge is 2.54. The number of fused-ring (bicyclic) bond motifs is 4. The van der Waals surface area contributed by atoms with Crippen LogP contribution >= 0.6 is 0 Å². The van der Waals surface area contributed by atoms with Crippen LogP contribution in [0.5, 0.6) is 5.75 Å². The fraction of sp³-hybridized carbons (Fsp3) is 0.292. The molecule has 0 radical (unpaired) electrons. The molecular formula is C24H20N2O5. The summed E-state index contributed by atoms with van der Waals surface area (Å²) in [5.41, 5.74) is 2.58. The van der Waals surface area contributed by atoms with Crippen LogP contribution in [0.3, 0.4) is 0 Å². The molecule has 0 bridgehead atoms. The Morgan fingerprint density at radius 1 is 1.03 bits per heavy atom. The number of para-hydroxylation sites is 1. The number of ether oxygens (including phenoxy) is 1. The highest BCUT2D eigenvalue weighted by molar-refractivity contribution is 6.08. The molecule has 1 aliphatic carbocycles. The average molecular weight is 416 g/mol. The molecule has 156 valence electrons. The Bertz CT molecular complexity index is 1330. The normalized spacial score (nSPS) is 21.9. The Balaban J connectivity index is 1.42. The largest absolute Gasteiger partial charge is 0.493 e. The Labute approximate surface area is 177 Å². The molecule has 6 rings (SSSR count). The molecule has 1 saturated heterocycles. The van der Waals surface area contributed by atoms with E-state index in [9.17, 15) is 14.4 Å². The number of carbonyl (C=O) groups excluding carboxylic acids is 2. The number of hydrogen-bond donors (Lipinski definition) is 1. The Kier molecular flexibility index (Phi) is 3.78. The topological polar surface area (TPSA) is 88.9 Å². The number of urea groups is 1. The maximum absolute atomic E-state index is 13.6. The predicted molar refractivity (Wildman–Crippen MR) is 112 cm³/mol. The summed E-state index contributed by atoms with van der Waals surface area (Å²) in [6, 6.07) is 12.1. The quantitative estimate of drug-likeness (QED) is 0.513. The zero-order valence-electron chi connectivity index (χ0n) is 16.8. The maximum Gasteiger partial charge on any atom is 0.336 e. The molecule has 2 aromatic carbocycles. The lowest BCUT2D eigenvalue weighted by Crippen LogP contribution is -2.47. The highest BCUT2D eigenvalue weighted by Crippen LogP contribution is 2.41. The number of rotatable bonds is 2. The van der Waals surface area contributed by atoms with E-state index in [1.165, 1.54) is 22.1 Å². The van der Waals surface area contributed by atoms with Crippen LogP contribution in [0.25, 0.3) is 11.0 Å². The third-order valence-corrected chi connectivity index (χ3v) is 6.63. The number of imide groups is 1. The SMILES string of the molecule is O=C1N[C@]2(CCOc3ccccc32)C(=O)N1Cc1cc(=O)oc2cc3c(cc12)CCC3. The number of hydrogen-bond acceptors (Lipinski definition) is 5. The fourth-order valence-corrected chi connectivity index (χ4v) is 5.11. The van der Waals surface area contributed by atoms with Crippen molar-refractivity contribution < 1.29 is 18.7 Å². The van der Waals surface area contributed by atoms with Gasteiger partial charge < -0.3 is 14.5 Å². The second-order valence-corrected chi connectivity index (χ2v) is 8.38.